The monoisotopic (exact) mass is 2120 g/mol. The zero-order chi connectivity index (χ0) is 101. The number of aliphatic hydroxyl groups excluding tert-OH is 3. The molecule has 3 aliphatic carbocycles. The lowest BCUT2D eigenvalue weighted by atomic mass is 9.68. The number of nitrogens with two attached hydrogens (primary N) is 1. The van der Waals surface area contributed by atoms with Crippen LogP contribution in [0.1, 0.15) is 186 Å². The fourth-order valence-electron chi connectivity index (χ4n) is 18.5. The van der Waals surface area contributed by atoms with Crippen molar-refractivity contribution < 1.29 is 140 Å². The number of halogens is 1. The molecule has 22 atom stereocenters. The fraction of sp³-hybridized carbons (Fsp3) is 0.688. The molecule has 0 spiro atoms. The number of likely N-dealkylation sites (tertiary alicyclic amines) is 1. The lowest BCUT2D eigenvalue weighted by Gasteiger charge is -2.49. The van der Waals surface area contributed by atoms with Crippen LogP contribution in [0.5, 0.6) is 17.2 Å². The number of thioether (sulfide) groups is 1. The van der Waals surface area contributed by atoms with Crippen molar-refractivity contribution in [2.24, 2.45) is 23.5 Å². The number of alkyl carbamates (subject to hydrolysis) is 1. The number of ether oxygens (including phenoxy) is 13. The predicted octanol–water partition coefficient (Wildman–Crippen LogP) is 6.80. The van der Waals surface area contributed by atoms with Crippen molar-refractivity contribution in [1.29, 1.82) is 0 Å². The molecule has 9 amide bonds. The summed E-state index contributed by atoms with van der Waals surface area (Å²) in [5.41, 5.74) is 7.49. The van der Waals surface area contributed by atoms with Crippen LogP contribution in [0, 0.1) is 51.9 Å². The van der Waals surface area contributed by atoms with E-state index >= 15 is 0 Å². The molecule has 139 heavy (non-hydrogen) atoms. The Labute approximate surface area is 838 Å². The van der Waals surface area contributed by atoms with Gasteiger partial charge in [-0.15, -0.1) is 0 Å². The summed E-state index contributed by atoms with van der Waals surface area (Å²) in [7, 11) is 9.49. The van der Waals surface area contributed by atoms with Crippen molar-refractivity contribution in [1.82, 2.24) is 41.9 Å². The van der Waals surface area contributed by atoms with E-state index in [9.17, 15) is 73.5 Å². The zero-order valence-electron chi connectivity index (χ0n) is 81.4. The molecule has 5 saturated heterocycles. The van der Waals surface area contributed by atoms with E-state index in [0.29, 0.717) is 46.3 Å². The number of carbonyl (C=O) groups excluding carboxylic acids is 10. The first kappa shape index (κ1) is 113. The Morgan fingerprint density at radius 2 is 1.49 bits per heavy atom. The van der Waals surface area contributed by atoms with Crippen LogP contribution in [0.15, 0.2) is 48.1 Å². The van der Waals surface area contributed by atoms with E-state index in [2.05, 4.69) is 61.1 Å². The number of aliphatic hydroxyl groups is 5. The molecule has 43 heteroatoms. The van der Waals surface area contributed by atoms with E-state index in [4.69, 9.17) is 72.2 Å². The number of fused-ring (bicyclic) bond motifs is 2. The molecule has 772 valence electrons. The lowest BCUT2D eigenvalue weighted by molar-refractivity contribution is -0.326. The minimum atomic E-state index is -2.23. The van der Waals surface area contributed by atoms with Gasteiger partial charge in [0.15, 0.2) is 41.6 Å². The van der Waals surface area contributed by atoms with Crippen molar-refractivity contribution in [2.45, 2.75) is 316 Å². The Bertz CT molecular complexity index is 4690. The summed E-state index contributed by atoms with van der Waals surface area (Å²) < 4.78 is 80.0. The van der Waals surface area contributed by atoms with E-state index in [1.165, 1.54) is 82.0 Å². The van der Waals surface area contributed by atoms with Crippen molar-refractivity contribution in [3.05, 3.63) is 68.3 Å². The van der Waals surface area contributed by atoms with Crippen molar-refractivity contribution in [3.8, 4) is 40.9 Å². The van der Waals surface area contributed by atoms with Crippen LogP contribution >= 0.6 is 55.9 Å². The number of anilines is 1. The number of allylic oxidation sites excluding steroid dienone is 2. The van der Waals surface area contributed by atoms with Crippen LogP contribution in [0.25, 0.3) is 0 Å². The van der Waals surface area contributed by atoms with Gasteiger partial charge < -0.3 is 135 Å². The number of carbonyl (C=O) groups is 10. The number of amides is 9. The highest BCUT2D eigenvalue weighted by atomic mass is 127. The summed E-state index contributed by atoms with van der Waals surface area (Å²) in [6, 6.07) is -0.206. The summed E-state index contributed by atoms with van der Waals surface area (Å²) >= 11 is 2.71. The summed E-state index contributed by atoms with van der Waals surface area (Å²) in [6.45, 7) is 15.7. The number of benzene rings is 2. The molecule has 10 rings (SSSR count). The maximum atomic E-state index is 14.7. The minimum Gasteiger partial charge on any atom is -0.492 e. The first-order chi connectivity index (χ1) is 66.4. The Balaban J connectivity index is 0.813. The van der Waals surface area contributed by atoms with E-state index in [-0.39, 0.29) is 135 Å². The van der Waals surface area contributed by atoms with Crippen LogP contribution < -0.4 is 57.3 Å². The third-order valence-corrected chi connectivity index (χ3v) is 31.5. The number of hydroxylamine groups is 1. The number of piperidine rings is 1. The smallest absolute Gasteiger partial charge is 0.410 e. The summed E-state index contributed by atoms with van der Waals surface area (Å²) in [5, 5.41) is 76.1. The molecule has 2 aromatic rings. The van der Waals surface area contributed by atoms with Gasteiger partial charge in [-0.1, -0.05) is 141 Å². The molecular weight excluding hydrogens is 1980 g/mol. The number of rotatable bonds is 40. The number of Topliss-reactive ketones (excluding diaryl/α,β-unsaturated/α-hetero) is 1. The van der Waals surface area contributed by atoms with Gasteiger partial charge in [0, 0.05) is 94.2 Å². The molecule has 18 unspecified atom stereocenters. The maximum absolute atomic E-state index is 14.7. The van der Waals surface area contributed by atoms with Crippen LogP contribution in [0.3, 0.4) is 0 Å². The average molecular weight is 2120 g/mol. The second kappa shape index (κ2) is 54.2. The molecule has 0 aromatic heterocycles. The number of urea groups is 1. The van der Waals surface area contributed by atoms with E-state index in [0.717, 1.165) is 44.6 Å². The van der Waals surface area contributed by atoms with Gasteiger partial charge >= 0.3 is 18.2 Å². The highest BCUT2D eigenvalue weighted by molar-refractivity contribution is 14.1. The number of hydrogen-bond donors (Lipinski definition) is 13. The topological polar surface area (TPSA) is 518 Å². The summed E-state index contributed by atoms with van der Waals surface area (Å²) in [4.78, 5) is 147. The normalized spacial score (nSPS) is 29.5. The molecule has 5 aliphatic heterocycles. The van der Waals surface area contributed by atoms with E-state index < -0.39 is 198 Å². The summed E-state index contributed by atoms with van der Waals surface area (Å²) in [5.74, 6) is 5.18. The first-order valence-corrected chi connectivity index (χ1v) is 51.9. The summed E-state index contributed by atoms with van der Waals surface area (Å²) in [6.07, 6.45) is -4.09. The molecule has 5 heterocycles. The highest BCUT2D eigenvalue weighted by Gasteiger charge is 2.57. The number of nitrogens with one attached hydrogen (secondary N) is 7. The van der Waals surface area contributed by atoms with Crippen molar-refractivity contribution in [2.75, 3.05) is 92.6 Å². The average Bonchev–Trinajstić information content (AvgIpc) is 0.752. The van der Waals surface area contributed by atoms with Gasteiger partial charge in [-0.2, -0.15) is 5.48 Å². The molecule has 0 radical (unpaired) electrons. The Hall–Kier alpha value is -7.88. The molecule has 39 nitrogen and oxygen atoms in total. The number of hydrogen-bond acceptors (Lipinski definition) is 33. The standard InChI is InChI=1S/C96H139IN10O29S3/c1-15-107(94(120)129-48-58-34-36-61(37-35-58)101-88(115)63(30-27-42-99-92(98)118)102-89(116)75(52(2)3)103-69(110)32-26-33-70(111)106-43-38-59(39-44-106)87(114)100-60-28-22-18-16-17-19-23-29-60)64-49-128-50-68(80(64)123-10)133-83-79(113)76(55(7)132-91(83)134-67-31-24-20-21-25-41-95(121)47-66(109)77(104-93(119)127-14)73(67)62(95)40-45-137-139-53(4)5)105-136-71-46-65(108)85(57(9)131-71)138-90(117)72-54(6)74(97)82(84(125-12)81(72)124-11)135-96(122)51-130-56(8)78(112)86(96)126-13/h20-21,34-37,40,52-53,55-57,59-60,63-65,67-68,71,73,75-80,83,85-86,91,105,108,112-113,121-122H,15-19,22-23,26-30,32-33,38-39,42-51H2,1-14H3,(H,100,114)(H,101,115)(H,102,116)(H,103,110)(H,104,119)(H3,98,99,118)/b21-20-,62-40+/t55?,56?,57?,63-,64?,65?,67-,68?,71?,73?,75-,76?,77?,78?,79?,80?,83?,85?,86?,91?,95-,96?/m0/s1. The molecule has 2 saturated carbocycles. The van der Waals surface area contributed by atoms with Crippen LogP contribution in [-0.4, -0.2) is 319 Å². The van der Waals surface area contributed by atoms with Gasteiger partial charge in [-0.25, -0.2) is 14.4 Å². The van der Waals surface area contributed by atoms with Gasteiger partial charge in [0.2, 0.25) is 40.4 Å². The number of nitrogens with zero attached hydrogens (tertiary/aromatic N) is 2. The number of primary amides is 1. The second-order valence-corrected chi connectivity index (χ2v) is 41.8. The molecule has 2 bridgehead atoms. The van der Waals surface area contributed by atoms with Gasteiger partial charge in [-0.3, -0.25) is 38.4 Å². The molecule has 2 aromatic carbocycles. The van der Waals surface area contributed by atoms with Crippen LogP contribution in [0.2, 0.25) is 0 Å². The van der Waals surface area contributed by atoms with Gasteiger partial charge in [0.05, 0.1) is 91.8 Å². The number of likely N-dealkylation sites (N-methyl/N-ethyl adjacent to an activating group) is 1. The lowest BCUT2D eigenvalue weighted by Crippen LogP contribution is -2.67. The second-order valence-electron chi connectivity index (χ2n) is 36.6. The maximum Gasteiger partial charge on any atom is 0.410 e. The molecular formula is C96H139IN10O29S3. The Morgan fingerprint density at radius 3 is 2.14 bits per heavy atom. The van der Waals surface area contributed by atoms with Gasteiger partial charge in [0.1, 0.15) is 68.0 Å². The minimum absolute atomic E-state index is 0.0296. The van der Waals surface area contributed by atoms with Crippen molar-refractivity contribution >= 4 is 120 Å². The SMILES string of the molecule is CCN(C(=O)OCc1ccc(NC(=O)[C@H](CCCNC(N)=O)NC(=O)[C@@H](NC(=O)CCCC(=O)N2CCC(C(=O)NC3CCCCCCCC3)CC2)C(C)C)cc1)C1COCC(OC2C(O[C@H]3C#C/C=C\C#C[C@]4(O)CC(=O)C(NC(=O)OC)C3/C4=C\CSSC(C)C)OC(C)C(NOC3CC(O)C(SC(=O)c4c(C)c(I)c(OC5(O)COC(C)C(O)C5OC)c(OC)c4OC)C(C)O3)C2O)C1OC. The molecule has 8 aliphatic rings. The van der Waals surface area contributed by atoms with Gasteiger partial charge in [-0.05, 0) is 149 Å². The highest BCUT2D eigenvalue weighted by Crippen LogP contribution is 2.50. The number of ketones is 1. The third-order valence-electron chi connectivity index (χ3n) is 26.0. The van der Waals surface area contributed by atoms with E-state index in [1.54, 1.807) is 94.5 Å². The fourth-order valence-corrected chi connectivity index (χ4v) is 22.1. The first-order valence-electron chi connectivity index (χ1n) is 47.6. The third kappa shape index (κ3) is 30.4. The zero-order valence-corrected chi connectivity index (χ0v) is 86.0. The van der Waals surface area contributed by atoms with Gasteiger partial charge in [0.25, 0.3) is 5.79 Å². The van der Waals surface area contributed by atoms with E-state index in [1.807, 2.05) is 36.4 Å². The quantitative estimate of drug-likeness (QED) is 0.00620. The number of methoxy groups -OCH3 is 5. The Morgan fingerprint density at radius 1 is 0.791 bits per heavy atom. The van der Waals surface area contributed by atoms with Crippen LogP contribution in [-0.2, 0) is 87.6 Å². The largest absolute Gasteiger partial charge is 0.492 e. The Kier molecular flexibility index (Phi) is 44.1. The molecule has 14 N–H and O–H groups in total. The van der Waals surface area contributed by atoms with Crippen LogP contribution in [0.4, 0.5) is 20.1 Å². The predicted molar refractivity (Wildman–Crippen MR) is 523 cm³/mol. The molecule has 7 fully saturated rings. The van der Waals surface area contributed by atoms with Crippen molar-refractivity contribution in [3.63, 3.8) is 0 Å².